The van der Waals surface area contributed by atoms with Gasteiger partial charge < -0.3 is 14.8 Å². The number of hydrogen-bond acceptors (Lipinski definition) is 3. The summed E-state index contributed by atoms with van der Waals surface area (Å²) in [6, 6.07) is 1.61. The molecule has 0 aliphatic carbocycles. The fourth-order valence-electron chi connectivity index (χ4n) is 1.92. The van der Waals surface area contributed by atoms with Gasteiger partial charge in [0.1, 0.15) is 17.1 Å². The van der Waals surface area contributed by atoms with Crippen molar-refractivity contribution in [1.29, 1.82) is 0 Å². The number of carbonyl (C=O) groups is 2. The number of carboxylic acid groups (broad SMARTS) is 1. The van der Waals surface area contributed by atoms with Gasteiger partial charge in [-0.2, -0.15) is 0 Å². The lowest BCUT2D eigenvalue weighted by molar-refractivity contribution is -0.144. The summed E-state index contributed by atoms with van der Waals surface area (Å²) in [5.41, 5.74) is -0.825. The number of amides is 1. The van der Waals surface area contributed by atoms with Crippen LogP contribution in [0.5, 0.6) is 0 Å². The van der Waals surface area contributed by atoms with Crippen molar-refractivity contribution in [3.8, 4) is 0 Å². The van der Waals surface area contributed by atoms with Crippen LogP contribution in [0.15, 0.2) is 10.5 Å². The molecule has 1 aromatic heterocycles. The van der Waals surface area contributed by atoms with Crippen molar-refractivity contribution in [2.45, 2.75) is 46.1 Å². The minimum Gasteiger partial charge on any atom is -0.480 e. The van der Waals surface area contributed by atoms with Crippen molar-refractivity contribution in [1.82, 2.24) is 5.32 Å². The van der Waals surface area contributed by atoms with E-state index in [-0.39, 0.29) is 0 Å². The van der Waals surface area contributed by atoms with Gasteiger partial charge >= 0.3 is 5.97 Å². The highest BCUT2D eigenvalue weighted by atomic mass is 16.4. The van der Waals surface area contributed by atoms with E-state index in [1.165, 1.54) is 0 Å². The highest BCUT2D eigenvalue weighted by Crippen LogP contribution is 2.19. The first kappa shape index (κ1) is 14.3. The van der Waals surface area contributed by atoms with Gasteiger partial charge in [-0.3, -0.25) is 4.79 Å². The molecule has 0 bridgehead atoms. The monoisotopic (exact) mass is 253 g/mol. The zero-order valence-electron chi connectivity index (χ0n) is 11.2. The third kappa shape index (κ3) is 2.55. The lowest BCUT2D eigenvalue weighted by Crippen LogP contribution is -2.53. The second-order valence-corrected chi connectivity index (χ2v) is 4.38. The molecule has 0 radical (unpaired) electrons. The van der Waals surface area contributed by atoms with Crippen LogP contribution >= 0.6 is 0 Å². The molecule has 0 aliphatic heterocycles. The molecule has 5 heteroatoms. The number of carboxylic acids is 1. The van der Waals surface area contributed by atoms with Gasteiger partial charge in [0.05, 0.1) is 5.56 Å². The Morgan fingerprint density at radius 1 is 1.33 bits per heavy atom. The van der Waals surface area contributed by atoms with Crippen molar-refractivity contribution in [2.75, 3.05) is 0 Å². The Morgan fingerprint density at radius 2 is 1.89 bits per heavy atom. The molecular formula is C13H19NO4. The molecule has 5 nitrogen and oxygen atoms in total. The van der Waals surface area contributed by atoms with Crippen LogP contribution in [0.25, 0.3) is 0 Å². The summed E-state index contributed by atoms with van der Waals surface area (Å²) in [5.74, 6) is -0.294. The van der Waals surface area contributed by atoms with Crippen molar-refractivity contribution < 1.29 is 19.1 Å². The van der Waals surface area contributed by atoms with E-state index in [9.17, 15) is 14.7 Å². The molecule has 18 heavy (non-hydrogen) atoms. The topological polar surface area (TPSA) is 79.5 Å². The van der Waals surface area contributed by atoms with Gasteiger partial charge in [0.15, 0.2) is 0 Å². The van der Waals surface area contributed by atoms with Crippen LogP contribution in [0.3, 0.4) is 0 Å². The van der Waals surface area contributed by atoms with Gasteiger partial charge in [-0.1, -0.05) is 13.8 Å². The number of aliphatic carboxylic acids is 1. The Bertz CT molecular complexity index is 458. The van der Waals surface area contributed by atoms with Crippen molar-refractivity contribution >= 4 is 11.9 Å². The molecule has 0 atom stereocenters. The predicted octanol–water partition coefficient (Wildman–Crippen LogP) is 2.27. The number of furan rings is 1. The maximum atomic E-state index is 12.1. The van der Waals surface area contributed by atoms with Crippen LogP contribution in [-0.4, -0.2) is 22.5 Å². The predicted molar refractivity (Wildman–Crippen MR) is 66.6 cm³/mol. The van der Waals surface area contributed by atoms with E-state index in [0.29, 0.717) is 29.9 Å². The largest absolute Gasteiger partial charge is 0.480 e. The number of nitrogens with one attached hydrogen (secondary N) is 1. The third-order valence-corrected chi connectivity index (χ3v) is 3.25. The molecule has 1 rings (SSSR count). The van der Waals surface area contributed by atoms with E-state index in [4.69, 9.17) is 4.42 Å². The minimum atomic E-state index is -1.21. The maximum Gasteiger partial charge on any atom is 0.329 e. The standard InChI is InChI=1S/C13H19NO4/c1-5-13(6-2,12(16)17)14-11(15)10-7-8(3)18-9(10)4/h7H,5-6H2,1-4H3,(H,14,15)(H,16,17). The minimum absolute atomic E-state index is 0.334. The fraction of sp³-hybridized carbons (Fsp3) is 0.538. The fourth-order valence-corrected chi connectivity index (χ4v) is 1.92. The first-order valence-corrected chi connectivity index (χ1v) is 5.99. The van der Waals surface area contributed by atoms with Crippen molar-refractivity contribution in [3.05, 3.63) is 23.2 Å². The lowest BCUT2D eigenvalue weighted by atomic mass is 9.92. The molecule has 0 aliphatic rings. The maximum absolute atomic E-state index is 12.1. The van der Waals surface area contributed by atoms with Gasteiger partial charge in [0.25, 0.3) is 5.91 Å². The molecular weight excluding hydrogens is 234 g/mol. The van der Waals surface area contributed by atoms with Crippen LogP contribution < -0.4 is 5.32 Å². The summed E-state index contributed by atoms with van der Waals surface area (Å²) in [4.78, 5) is 23.4. The van der Waals surface area contributed by atoms with E-state index < -0.39 is 17.4 Å². The summed E-state index contributed by atoms with van der Waals surface area (Å²) in [6.07, 6.45) is 0.668. The Kier molecular flexibility index (Phi) is 4.16. The Hall–Kier alpha value is -1.78. The molecule has 0 fully saturated rings. The molecule has 0 saturated carbocycles. The van der Waals surface area contributed by atoms with E-state index in [2.05, 4.69) is 5.32 Å². The Morgan fingerprint density at radius 3 is 2.22 bits per heavy atom. The molecule has 1 heterocycles. The molecule has 0 saturated heterocycles. The smallest absolute Gasteiger partial charge is 0.329 e. The molecule has 0 unspecified atom stereocenters. The Labute approximate surface area is 106 Å². The summed E-state index contributed by atoms with van der Waals surface area (Å²) in [6.45, 7) is 6.91. The number of hydrogen-bond donors (Lipinski definition) is 2. The van der Waals surface area contributed by atoms with Gasteiger partial charge in [-0.15, -0.1) is 0 Å². The SMILES string of the molecule is CCC(CC)(NC(=O)c1cc(C)oc1C)C(=O)O. The molecule has 1 aromatic rings. The average molecular weight is 253 g/mol. The van der Waals surface area contributed by atoms with E-state index in [1.807, 2.05) is 0 Å². The van der Waals surface area contributed by atoms with Crippen LogP contribution in [-0.2, 0) is 4.79 Å². The highest BCUT2D eigenvalue weighted by Gasteiger charge is 2.37. The third-order valence-electron chi connectivity index (χ3n) is 3.25. The molecule has 100 valence electrons. The van der Waals surface area contributed by atoms with Crippen LogP contribution in [0, 0.1) is 13.8 Å². The van der Waals surface area contributed by atoms with Crippen LogP contribution in [0.1, 0.15) is 48.6 Å². The number of carbonyl (C=O) groups excluding carboxylic acids is 1. The molecule has 0 spiro atoms. The number of rotatable bonds is 5. The van der Waals surface area contributed by atoms with Crippen LogP contribution in [0.4, 0.5) is 0 Å². The zero-order valence-corrected chi connectivity index (χ0v) is 11.2. The first-order chi connectivity index (χ1) is 8.36. The van der Waals surface area contributed by atoms with E-state index in [0.717, 1.165) is 0 Å². The molecule has 1 amide bonds. The summed E-state index contributed by atoms with van der Waals surface area (Å²) < 4.78 is 5.27. The normalized spacial score (nSPS) is 11.3. The summed E-state index contributed by atoms with van der Waals surface area (Å²) >= 11 is 0. The average Bonchev–Trinajstić information content (AvgIpc) is 2.65. The van der Waals surface area contributed by atoms with Gasteiger partial charge in [-0.05, 0) is 32.8 Å². The second kappa shape index (κ2) is 5.25. The lowest BCUT2D eigenvalue weighted by Gasteiger charge is -2.27. The van der Waals surface area contributed by atoms with Gasteiger partial charge in [0.2, 0.25) is 0 Å². The second-order valence-electron chi connectivity index (χ2n) is 4.38. The van der Waals surface area contributed by atoms with Crippen molar-refractivity contribution in [2.24, 2.45) is 0 Å². The molecule has 2 N–H and O–H groups in total. The molecule has 0 aromatic carbocycles. The number of aryl methyl sites for hydroxylation is 2. The first-order valence-electron chi connectivity index (χ1n) is 5.99. The highest BCUT2D eigenvalue weighted by molar-refractivity contribution is 5.98. The quantitative estimate of drug-likeness (QED) is 0.843. The van der Waals surface area contributed by atoms with Gasteiger partial charge in [0, 0.05) is 0 Å². The van der Waals surface area contributed by atoms with Crippen LogP contribution in [0.2, 0.25) is 0 Å². The summed E-state index contributed by atoms with van der Waals surface area (Å²) in [5, 5.41) is 11.9. The zero-order chi connectivity index (χ0) is 13.9. The summed E-state index contributed by atoms with van der Waals surface area (Å²) in [7, 11) is 0. The van der Waals surface area contributed by atoms with Gasteiger partial charge in [-0.25, -0.2) is 4.79 Å². The van der Waals surface area contributed by atoms with E-state index >= 15 is 0 Å². The van der Waals surface area contributed by atoms with Crippen molar-refractivity contribution in [3.63, 3.8) is 0 Å². The van der Waals surface area contributed by atoms with E-state index in [1.54, 1.807) is 33.8 Å². The Balaban J connectivity index is 2.99.